The van der Waals surface area contributed by atoms with Crippen molar-refractivity contribution in [3.8, 4) is 0 Å². The summed E-state index contributed by atoms with van der Waals surface area (Å²) in [7, 11) is 0. The lowest BCUT2D eigenvalue weighted by Gasteiger charge is -2.30. The monoisotopic (exact) mass is 318 g/mol. The van der Waals surface area contributed by atoms with Crippen LogP contribution in [0.5, 0.6) is 0 Å². The maximum atomic E-state index is 9.89. The number of benzene rings is 1. The predicted octanol–water partition coefficient (Wildman–Crippen LogP) is 1.87. The van der Waals surface area contributed by atoms with Gasteiger partial charge in [-0.3, -0.25) is 0 Å². The van der Waals surface area contributed by atoms with Gasteiger partial charge >= 0.3 is 0 Å². The lowest BCUT2D eigenvalue weighted by molar-refractivity contribution is 0.157. The Labute approximate surface area is 115 Å². The molecule has 1 atom stereocenters. The second-order valence-electron chi connectivity index (χ2n) is 4.18. The summed E-state index contributed by atoms with van der Waals surface area (Å²) < 4.78 is 0. The lowest BCUT2D eigenvalue weighted by Crippen LogP contribution is -2.43. The lowest BCUT2D eigenvalue weighted by atomic mass is 10.1. The molecule has 0 spiro atoms. The van der Waals surface area contributed by atoms with Gasteiger partial charge in [0.05, 0.1) is 5.33 Å². The molecular formula is C12H16BrClN2O. The first kappa shape index (κ1) is 13.1. The minimum Gasteiger partial charge on any atom is -0.370 e. The van der Waals surface area contributed by atoms with Gasteiger partial charge in [-0.2, -0.15) is 0 Å². The van der Waals surface area contributed by atoms with Gasteiger partial charge in [0.1, 0.15) is 0 Å². The van der Waals surface area contributed by atoms with E-state index < -0.39 is 5.06 Å². The summed E-state index contributed by atoms with van der Waals surface area (Å²) in [6.45, 7) is 4.07. The van der Waals surface area contributed by atoms with Gasteiger partial charge in [-0.05, 0) is 17.7 Å². The van der Waals surface area contributed by atoms with Gasteiger partial charge in [-0.1, -0.05) is 39.7 Å². The number of hydrogen-bond acceptors (Lipinski definition) is 3. The molecule has 0 bridgehead atoms. The molecule has 1 saturated heterocycles. The van der Waals surface area contributed by atoms with Crippen LogP contribution < -0.4 is 10.2 Å². The number of hydrogen-bond donors (Lipinski definition) is 2. The molecule has 2 N–H and O–H groups in total. The van der Waals surface area contributed by atoms with Gasteiger partial charge in [0, 0.05) is 31.9 Å². The Hall–Kier alpha value is -0.290. The highest BCUT2D eigenvalue weighted by atomic mass is 79.9. The molecule has 0 radical (unpaired) electrons. The zero-order valence-corrected chi connectivity index (χ0v) is 11.8. The van der Waals surface area contributed by atoms with Crippen LogP contribution >= 0.6 is 27.5 Å². The third-order valence-corrected chi connectivity index (χ3v) is 4.46. The minimum absolute atomic E-state index is 0.314. The smallest absolute Gasteiger partial charge is 0.174 e. The Kier molecular flexibility index (Phi) is 4.31. The third kappa shape index (κ3) is 3.13. The van der Waals surface area contributed by atoms with Crippen molar-refractivity contribution < 1.29 is 5.11 Å². The number of alkyl halides is 2. The molecule has 0 amide bonds. The number of nitrogens with zero attached hydrogens (tertiary/aromatic N) is 1. The average molecular weight is 320 g/mol. The Balaban J connectivity index is 2.12. The fourth-order valence-corrected chi connectivity index (χ4v) is 2.38. The Morgan fingerprint density at radius 1 is 1.29 bits per heavy atom. The van der Waals surface area contributed by atoms with Crippen LogP contribution in [-0.2, 0) is 5.06 Å². The molecule has 3 nitrogen and oxygen atoms in total. The fraction of sp³-hybridized carbons (Fsp3) is 0.500. The van der Waals surface area contributed by atoms with Crippen LogP contribution in [0.2, 0.25) is 0 Å². The molecule has 0 saturated carbocycles. The molecule has 2 rings (SSSR count). The number of halogens is 2. The maximum Gasteiger partial charge on any atom is 0.174 e. The van der Waals surface area contributed by atoms with Crippen molar-refractivity contribution in [1.82, 2.24) is 5.32 Å². The Morgan fingerprint density at radius 3 is 2.41 bits per heavy atom. The third-order valence-electron chi connectivity index (χ3n) is 2.97. The van der Waals surface area contributed by atoms with Crippen molar-refractivity contribution in [2.45, 2.75) is 5.06 Å². The van der Waals surface area contributed by atoms with Crippen LogP contribution in [0.4, 0.5) is 5.69 Å². The van der Waals surface area contributed by atoms with Crippen molar-refractivity contribution in [3.63, 3.8) is 0 Å². The molecule has 5 heteroatoms. The van der Waals surface area contributed by atoms with Gasteiger partial charge in [0.15, 0.2) is 5.06 Å². The summed E-state index contributed by atoms with van der Waals surface area (Å²) in [6, 6.07) is 7.78. The zero-order valence-electron chi connectivity index (χ0n) is 9.50. The van der Waals surface area contributed by atoms with E-state index in [2.05, 4.69) is 26.1 Å². The predicted molar refractivity (Wildman–Crippen MR) is 75.1 cm³/mol. The summed E-state index contributed by atoms with van der Waals surface area (Å²) in [6.07, 6.45) is 0. The number of aliphatic hydroxyl groups is 1. The van der Waals surface area contributed by atoms with Gasteiger partial charge in [0.2, 0.25) is 0 Å². The van der Waals surface area contributed by atoms with Gasteiger partial charge in [-0.25, -0.2) is 0 Å². The van der Waals surface area contributed by atoms with Crippen molar-refractivity contribution in [3.05, 3.63) is 29.8 Å². The summed E-state index contributed by atoms with van der Waals surface area (Å²) in [5.41, 5.74) is 1.90. The van der Waals surface area contributed by atoms with Crippen LogP contribution in [-0.4, -0.2) is 36.6 Å². The average Bonchev–Trinajstić information content (AvgIpc) is 2.40. The highest BCUT2D eigenvalue weighted by Crippen LogP contribution is 2.29. The van der Waals surface area contributed by atoms with E-state index in [4.69, 9.17) is 11.6 Å². The van der Waals surface area contributed by atoms with Crippen molar-refractivity contribution >= 4 is 33.2 Å². The molecule has 1 aromatic carbocycles. The van der Waals surface area contributed by atoms with Crippen molar-refractivity contribution in [2.75, 3.05) is 36.4 Å². The molecule has 94 valence electrons. The number of nitrogens with one attached hydrogen (secondary N) is 1. The summed E-state index contributed by atoms with van der Waals surface area (Å²) in [4.78, 5) is 2.32. The van der Waals surface area contributed by atoms with E-state index in [-0.39, 0.29) is 0 Å². The summed E-state index contributed by atoms with van der Waals surface area (Å²) >= 11 is 9.17. The van der Waals surface area contributed by atoms with Gasteiger partial charge in [-0.15, -0.1) is 0 Å². The van der Waals surface area contributed by atoms with Crippen LogP contribution in [0, 0.1) is 0 Å². The van der Waals surface area contributed by atoms with E-state index in [9.17, 15) is 5.11 Å². The first-order valence-electron chi connectivity index (χ1n) is 5.67. The molecule has 1 aliphatic heterocycles. The second kappa shape index (κ2) is 5.57. The maximum absolute atomic E-state index is 9.89. The van der Waals surface area contributed by atoms with E-state index in [1.165, 1.54) is 5.69 Å². The van der Waals surface area contributed by atoms with Crippen LogP contribution in [0.1, 0.15) is 5.56 Å². The SMILES string of the molecule is OC(Cl)(CBr)c1ccc(N2CCNCC2)cc1. The quantitative estimate of drug-likeness (QED) is 0.835. The number of anilines is 1. The molecule has 1 aromatic rings. The van der Waals surface area contributed by atoms with Crippen molar-refractivity contribution in [2.24, 2.45) is 0 Å². The Morgan fingerprint density at radius 2 is 1.88 bits per heavy atom. The van der Waals surface area contributed by atoms with E-state index >= 15 is 0 Å². The molecule has 17 heavy (non-hydrogen) atoms. The van der Waals surface area contributed by atoms with Crippen LogP contribution in [0.3, 0.4) is 0 Å². The highest BCUT2D eigenvalue weighted by Gasteiger charge is 2.24. The highest BCUT2D eigenvalue weighted by molar-refractivity contribution is 9.09. The molecule has 1 aliphatic rings. The van der Waals surface area contributed by atoms with Crippen molar-refractivity contribution in [1.29, 1.82) is 0 Å². The van der Waals surface area contributed by atoms with Crippen LogP contribution in [0.25, 0.3) is 0 Å². The molecular weight excluding hydrogens is 304 g/mol. The standard InChI is InChI=1S/C12H16BrClN2O/c13-9-12(14,17)10-1-3-11(4-2-10)16-7-5-15-6-8-16/h1-4,15,17H,5-9H2. The van der Waals surface area contributed by atoms with Crippen LogP contribution in [0.15, 0.2) is 24.3 Å². The second-order valence-corrected chi connectivity index (χ2v) is 5.36. The van der Waals surface area contributed by atoms with Gasteiger partial charge < -0.3 is 15.3 Å². The largest absolute Gasteiger partial charge is 0.370 e. The Bertz CT molecular complexity index is 363. The first-order valence-corrected chi connectivity index (χ1v) is 7.17. The molecule has 0 aliphatic carbocycles. The molecule has 1 heterocycles. The van der Waals surface area contributed by atoms with Gasteiger partial charge in [0.25, 0.3) is 0 Å². The van der Waals surface area contributed by atoms with E-state index in [1.807, 2.05) is 24.3 Å². The fourth-order valence-electron chi connectivity index (χ4n) is 1.93. The molecule has 1 unspecified atom stereocenters. The summed E-state index contributed by atoms with van der Waals surface area (Å²) in [5.74, 6) is 0. The van der Waals surface area contributed by atoms with E-state index in [1.54, 1.807) is 0 Å². The number of piperazine rings is 1. The van der Waals surface area contributed by atoms with E-state index in [0.29, 0.717) is 5.33 Å². The zero-order chi connectivity index (χ0) is 12.3. The molecule has 1 fully saturated rings. The van der Waals surface area contributed by atoms with E-state index in [0.717, 1.165) is 31.7 Å². The molecule has 0 aromatic heterocycles. The number of rotatable bonds is 3. The minimum atomic E-state index is -1.32. The normalized spacial score (nSPS) is 20.1. The first-order chi connectivity index (χ1) is 8.13. The summed E-state index contributed by atoms with van der Waals surface area (Å²) in [5, 5.41) is 12.2. The topological polar surface area (TPSA) is 35.5 Å².